The van der Waals surface area contributed by atoms with Gasteiger partial charge in [0, 0.05) is 0 Å². The number of hydrogen-bond donors (Lipinski definition) is 1. The molecule has 5 nitrogen and oxygen atoms in total. The number of rotatable bonds is 5. The van der Waals surface area contributed by atoms with Crippen molar-refractivity contribution in [1.82, 2.24) is 0 Å². The molecule has 2 rings (SSSR count). The summed E-state index contributed by atoms with van der Waals surface area (Å²) in [6, 6.07) is 11.1. The largest absolute Gasteiger partial charge is 0.455 e. The fourth-order valence-corrected chi connectivity index (χ4v) is 2.48. The number of amides is 1. The smallest absolute Gasteiger partial charge is 0.310 e. The van der Waals surface area contributed by atoms with Crippen molar-refractivity contribution in [3.8, 4) is 6.07 Å². The highest BCUT2D eigenvalue weighted by atomic mass is 32.1. The summed E-state index contributed by atoms with van der Waals surface area (Å²) >= 11 is 1.25. The van der Waals surface area contributed by atoms with Gasteiger partial charge in [0.2, 0.25) is 0 Å². The molecule has 112 valence electrons. The minimum Gasteiger partial charge on any atom is -0.455 e. The van der Waals surface area contributed by atoms with E-state index >= 15 is 0 Å². The molecule has 0 radical (unpaired) electrons. The number of nitrogens with zero attached hydrogens (tertiary/aromatic N) is 1. The summed E-state index contributed by atoms with van der Waals surface area (Å²) in [7, 11) is 0. The maximum atomic E-state index is 11.7. The molecule has 0 spiro atoms. The minimum atomic E-state index is -0.467. The van der Waals surface area contributed by atoms with E-state index in [1.54, 1.807) is 11.4 Å². The zero-order valence-electron chi connectivity index (χ0n) is 12.0. The molecule has 0 fully saturated rings. The number of carbonyl (C=O) groups is 2. The minimum absolute atomic E-state index is 0.121. The van der Waals surface area contributed by atoms with Crippen LogP contribution in [0.3, 0.4) is 0 Å². The van der Waals surface area contributed by atoms with Crippen LogP contribution in [0.15, 0.2) is 35.7 Å². The van der Waals surface area contributed by atoms with Gasteiger partial charge >= 0.3 is 5.97 Å². The average molecular weight is 314 g/mol. The summed E-state index contributed by atoms with van der Waals surface area (Å²) < 4.78 is 4.93. The Hall–Kier alpha value is -2.65. The molecule has 6 heteroatoms. The van der Waals surface area contributed by atoms with Crippen molar-refractivity contribution in [3.05, 3.63) is 52.4 Å². The standard InChI is InChI=1S/C16H14N2O3S/c1-11-2-4-12(5-3-11)8-15(20)21-10-14(19)18-16-13(9-17)6-7-22-16/h2-7H,8,10H2,1H3,(H,18,19). The molecule has 0 saturated carbocycles. The Morgan fingerprint density at radius 2 is 2.00 bits per heavy atom. The van der Waals surface area contributed by atoms with Gasteiger partial charge in [-0.1, -0.05) is 29.8 Å². The molecule has 0 bridgehead atoms. The summed E-state index contributed by atoms with van der Waals surface area (Å²) in [5, 5.41) is 13.6. The summed E-state index contributed by atoms with van der Waals surface area (Å²) in [6.45, 7) is 1.60. The summed E-state index contributed by atoms with van der Waals surface area (Å²) in [4.78, 5) is 23.4. The van der Waals surface area contributed by atoms with Gasteiger partial charge in [0.15, 0.2) is 6.61 Å². The maximum Gasteiger partial charge on any atom is 0.310 e. The number of carbonyl (C=O) groups excluding carboxylic acids is 2. The highest BCUT2D eigenvalue weighted by molar-refractivity contribution is 7.14. The first kappa shape index (κ1) is 15.7. The van der Waals surface area contributed by atoms with E-state index in [4.69, 9.17) is 10.00 Å². The fraction of sp³-hybridized carbons (Fsp3) is 0.188. The van der Waals surface area contributed by atoms with Crippen LogP contribution in [0.4, 0.5) is 5.00 Å². The zero-order valence-corrected chi connectivity index (χ0v) is 12.8. The van der Waals surface area contributed by atoms with E-state index in [0.717, 1.165) is 11.1 Å². The summed E-state index contributed by atoms with van der Waals surface area (Å²) in [6.07, 6.45) is 0.121. The van der Waals surface area contributed by atoms with E-state index in [1.807, 2.05) is 37.3 Å². The lowest BCUT2D eigenvalue weighted by Crippen LogP contribution is -2.21. The molecule has 2 aromatic rings. The quantitative estimate of drug-likeness (QED) is 0.861. The number of nitrogens with one attached hydrogen (secondary N) is 1. The molecular weight excluding hydrogens is 300 g/mol. The van der Waals surface area contributed by atoms with Crippen molar-refractivity contribution in [2.45, 2.75) is 13.3 Å². The topological polar surface area (TPSA) is 79.2 Å². The number of ether oxygens (including phenoxy) is 1. The second-order valence-corrected chi connectivity index (χ2v) is 5.56. The summed E-state index contributed by atoms with van der Waals surface area (Å²) in [5.41, 5.74) is 2.34. The van der Waals surface area contributed by atoms with Crippen LogP contribution in [0.5, 0.6) is 0 Å². The van der Waals surface area contributed by atoms with E-state index in [9.17, 15) is 9.59 Å². The number of hydrogen-bond acceptors (Lipinski definition) is 5. The monoisotopic (exact) mass is 314 g/mol. The summed E-state index contributed by atoms with van der Waals surface area (Å²) in [5.74, 6) is -0.929. The molecule has 0 aliphatic carbocycles. The van der Waals surface area contributed by atoms with Gasteiger partial charge in [-0.25, -0.2) is 0 Å². The molecule has 0 atom stereocenters. The van der Waals surface area contributed by atoms with Crippen molar-refractivity contribution in [1.29, 1.82) is 5.26 Å². The zero-order chi connectivity index (χ0) is 15.9. The highest BCUT2D eigenvalue weighted by Gasteiger charge is 2.11. The number of aryl methyl sites for hydroxylation is 1. The highest BCUT2D eigenvalue weighted by Crippen LogP contribution is 2.21. The van der Waals surface area contributed by atoms with E-state index in [0.29, 0.717) is 10.6 Å². The lowest BCUT2D eigenvalue weighted by atomic mass is 10.1. The van der Waals surface area contributed by atoms with Crippen LogP contribution in [0, 0.1) is 18.3 Å². The van der Waals surface area contributed by atoms with E-state index in [2.05, 4.69) is 5.32 Å². The van der Waals surface area contributed by atoms with Crippen molar-refractivity contribution in [3.63, 3.8) is 0 Å². The van der Waals surface area contributed by atoms with Crippen LogP contribution < -0.4 is 5.32 Å². The van der Waals surface area contributed by atoms with E-state index in [-0.39, 0.29) is 13.0 Å². The molecule has 0 aliphatic rings. The fourth-order valence-electron chi connectivity index (χ4n) is 1.73. The molecule has 0 saturated heterocycles. The van der Waals surface area contributed by atoms with Gasteiger partial charge in [0.05, 0.1) is 12.0 Å². The van der Waals surface area contributed by atoms with Gasteiger partial charge in [0.25, 0.3) is 5.91 Å². The first-order valence-corrected chi connectivity index (χ1v) is 7.45. The molecule has 1 heterocycles. The Labute approximate surface area is 132 Å². The number of thiophene rings is 1. The Morgan fingerprint density at radius 3 is 2.68 bits per heavy atom. The SMILES string of the molecule is Cc1ccc(CC(=O)OCC(=O)Nc2sccc2C#N)cc1. The third kappa shape index (κ3) is 4.43. The Morgan fingerprint density at radius 1 is 1.27 bits per heavy atom. The van der Waals surface area contributed by atoms with Crippen molar-refractivity contribution in [2.24, 2.45) is 0 Å². The van der Waals surface area contributed by atoms with Gasteiger partial charge in [-0.05, 0) is 23.9 Å². The van der Waals surface area contributed by atoms with Crippen LogP contribution in [0.2, 0.25) is 0 Å². The third-order valence-electron chi connectivity index (χ3n) is 2.87. The second-order valence-electron chi connectivity index (χ2n) is 4.65. The molecule has 1 aromatic heterocycles. The van der Waals surface area contributed by atoms with E-state index < -0.39 is 11.9 Å². The van der Waals surface area contributed by atoms with Gasteiger partial charge < -0.3 is 10.1 Å². The normalized spacial score (nSPS) is 9.82. The van der Waals surface area contributed by atoms with Crippen LogP contribution in [0.25, 0.3) is 0 Å². The first-order valence-electron chi connectivity index (χ1n) is 6.57. The van der Waals surface area contributed by atoms with Crippen molar-refractivity contribution < 1.29 is 14.3 Å². The van der Waals surface area contributed by atoms with Crippen LogP contribution in [-0.2, 0) is 20.7 Å². The maximum absolute atomic E-state index is 11.7. The number of esters is 1. The van der Waals surface area contributed by atoms with Crippen LogP contribution in [0.1, 0.15) is 16.7 Å². The molecule has 22 heavy (non-hydrogen) atoms. The average Bonchev–Trinajstić information content (AvgIpc) is 2.95. The molecule has 0 unspecified atom stereocenters. The van der Waals surface area contributed by atoms with Crippen LogP contribution in [-0.4, -0.2) is 18.5 Å². The van der Waals surface area contributed by atoms with Gasteiger partial charge in [0.1, 0.15) is 11.1 Å². The third-order valence-corrected chi connectivity index (χ3v) is 3.70. The molecular formula is C16H14N2O3S. The number of anilines is 1. The molecule has 1 amide bonds. The van der Waals surface area contributed by atoms with Crippen molar-refractivity contribution >= 4 is 28.2 Å². The van der Waals surface area contributed by atoms with E-state index in [1.165, 1.54) is 11.3 Å². The Kier molecular flexibility index (Phi) is 5.28. The molecule has 1 N–H and O–H groups in total. The second kappa shape index (κ2) is 7.38. The Bertz CT molecular complexity index is 714. The van der Waals surface area contributed by atoms with Gasteiger partial charge in [-0.15, -0.1) is 11.3 Å². The van der Waals surface area contributed by atoms with Crippen LogP contribution >= 0.6 is 11.3 Å². The van der Waals surface area contributed by atoms with Crippen molar-refractivity contribution in [2.75, 3.05) is 11.9 Å². The number of nitriles is 1. The Balaban J connectivity index is 1.80. The molecule has 0 aliphatic heterocycles. The van der Waals surface area contributed by atoms with Gasteiger partial charge in [-0.2, -0.15) is 5.26 Å². The van der Waals surface area contributed by atoms with Gasteiger partial charge in [-0.3, -0.25) is 9.59 Å². The predicted octanol–water partition coefficient (Wildman–Crippen LogP) is 2.65. The lowest BCUT2D eigenvalue weighted by Gasteiger charge is -2.06. The number of benzene rings is 1. The predicted molar refractivity (Wildman–Crippen MR) is 83.5 cm³/mol. The lowest BCUT2D eigenvalue weighted by molar-refractivity contribution is -0.146. The molecule has 1 aromatic carbocycles. The first-order chi connectivity index (χ1) is 10.6.